The average Bonchev–Trinajstić information content (AvgIpc) is 2.74. The van der Waals surface area contributed by atoms with Gasteiger partial charge in [0.1, 0.15) is 0 Å². The highest BCUT2D eigenvalue weighted by molar-refractivity contribution is 5.81. The Morgan fingerprint density at radius 3 is 3.18 bits per heavy atom. The third-order valence-corrected chi connectivity index (χ3v) is 3.22. The zero-order valence-corrected chi connectivity index (χ0v) is 10.3. The molecule has 6 nitrogen and oxygen atoms in total. The van der Waals surface area contributed by atoms with Crippen LogP contribution in [0.4, 0.5) is 0 Å². The van der Waals surface area contributed by atoms with E-state index < -0.39 is 0 Å². The summed E-state index contributed by atoms with van der Waals surface area (Å²) in [6.45, 7) is 0.892. The third-order valence-electron chi connectivity index (χ3n) is 3.22. The summed E-state index contributed by atoms with van der Waals surface area (Å²) in [6.07, 6.45) is 4.81. The lowest BCUT2D eigenvalue weighted by Gasteiger charge is -2.28. The number of nitrogens with one attached hydrogen (secondary N) is 2. The minimum atomic E-state index is -0.0598. The molecule has 0 aromatic carbocycles. The summed E-state index contributed by atoms with van der Waals surface area (Å²) < 4.78 is 1.71. The Labute approximate surface area is 101 Å². The van der Waals surface area contributed by atoms with Gasteiger partial charge in [0.2, 0.25) is 5.91 Å². The van der Waals surface area contributed by atoms with Gasteiger partial charge in [0.05, 0.1) is 11.7 Å². The maximum atomic E-state index is 11.6. The smallest absolute Gasteiger partial charge is 0.236 e. The molecule has 1 saturated heterocycles. The number of rotatable bonds is 3. The van der Waals surface area contributed by atoms with Gasteiger partial charge >= 0.3 is 0 Å². The molecule has 94 valence electrons. The monoisotopic (exact) mass is 237 g/mol. The van der Waals surface area contributed by atoms with Gasteiger partial charge in [0.25, 0.3) is 0 Å². The van der Waals surface area contributed by atoms with Crippen LogP contribution in [0.25, 0.3) is 0 Å². The van der Waals surface area contributed by atoms with Gasteiger partial charge < -0.3 is 10.6 Å². The summed E-state index contributed by atoms with van der Waals surface area (Å²) in [5, 5.41) is 13.9. The van der Waals surface area contributed by atoms with E-state index in [2.05, 4.69) is 20.9 Å². The topological polar surface area (TPSA) is 71.8 Å². The fourth-order valence-corrected chi connectivity index (χ4v) is 2.34. The van der Waals surface area contributed by atoms with Gasteiger partial charge in [-0.3, -0.25) is 9.48 Å². The number of aryl methyl sites for hydroxylation is 1. The van der Waals surface area contributed by atoms with Crippen LogP contribution in [0.2, 0.25) is 0 Å². The molecule has 1 fully saturated rings. The standard InChI is InChI=1S/C11H19N5O/c1-12-11(17)10-6-8(3-4-13-10)5-9-7-16(2)15-14-9/h7-8,10,13H,3-6H2,1-2H3,(H,12,17). The lowest BCUT2D eigenvalue weighted by molar-refractivity contribution is -0.123. The summed E-state index contributed by atoms with van der Waals surface area (Å²) in [5.74, 6) is 0.587. The summed E-state index contributed by atoms with van der Waals surface area (Å²) in [6, 6.07) is -0.0598. The molecule has 17 heavy (non-hydrogen) atoms. The maximum Gasteiger partial charge on any atom is 0.236 e. The second-order valence-electron chi connectivity index (χ2n) is 4.60. The zero-order valence-electron chi connectivity index (χ0n) is 10.3. The molecule has 2 heterocycles. The van der Waals surface area contributed by atoms with E-state index in [0.29, 0.717) is 5.92 Å². The number of likely N-dealkylation sites (N-methyl/N-ethyl adjacent to an activating group) is 1. The van der Waals surface area contributed by atoms with Crippen molar-refractivity contribution in [2.45, 2.75) is 25.3 Å². The molecule has 0 bridgehead atoms. The van der Waals surface area contributed by atoms with Gasteiger partial charge in [-0.05, 0) is 31.7 Å². The second-order valence-corrected chi connectivity index (χ2v) is 4.60. The number of carbonyl (C=O) groups is 1. The van der Waals surface area contributed by atoms with Gasteiger partial charge in [0.15, 0.2) is 0 Å². The summed E-state index contributed by atoms with van der Waals surface area (Å²) in [7, 11) is 3.54. The molecule has 1 amide bonds. The van der Waals surface area contributed by atoms with Crippen molar-refractivity contribution in [2.24, 2.45) is 13.0 Å². The molecule has 1 aromatic heterocycles. The molecule has 0 aliphatic carbocycles. The van der Waals surface area contributed by atoms with E-state index in [1.807, 2.05) is 13.2 Å². The van der Waals surface area contributed by atoms with Crippen LogP contribution in [0.15, 0.2) is 6.20 Å². The molecule has 2 rings (SSSR count). The van der Waals surface area contributed by atoms with Crippen molar-refractivity contribution >= 4 is 5.91 Å². The van der Waals surface area contributed by atoms with Crippen LogP contribution >= 0.6 is 0 Å². The normalized spacial score (nSPS) is 24.6. The van der Waals surface area contributed by atoms with Crippen LogP contribution in [0.3, 0.4) is 0 Å². The quantitative estimate of drug-likeness (QED) is 0.741. The van der Waals surface area contributed by atoms with Gasteiger partial charge in [-0.15, -0.1) is 5.10 Å². The van der Waals surface area contributed by atoms with Gasteiger partial charge in [-0.2, -0.15) is 0 Å². The van der Waals surface area contributed by atoms with E-state index in [0.717, 1.165) is 31.5 Å². The Morgan fingerprint density at radius 1 is 1.71 bits per heavy atom. The fraction of sp³-hybridized carbons (Fsp3) is 0.727. The van der Waals surface area contributed by atoms with Crippen LogP contribution in [-0.4, -0.2) is 40.5 Å². The van der Waals surface area contributed by atoms with Crippen molar-refractivity contribution < 1.29 is 4.79 Å². The molecule has 1 aliphatic rings. The van der Waals surface area contributed by atoms with Gasteiger partial charge in [0, 0.05) is 20.3 Å². The molecule has 2 atom stereocenters. The molecule has 0 spiro atoms. The molecule has 1 aromatic rings. The van der Waals surface area contributed by atoms with E-state index in [9.17, 15) is 4.79 Å². The molecule has 6 heteroatoms. The first-order valence-corrected chi connectivity index (χ1v) is 5.99. The Bertz CT molecular complexity index is 389. The number of nitrogens with zero attached hydrogens (tertiary/aromatic N) is 3. The lowest BCUT2D eigenvalue weighted by atomic mass is 9.88. The van der Waals surface area contributed by atoms with Gasteiger partial charge in [-0.25, -0.2) is 0 Å². The average molecular weight is 237 g/mol. The number of hydrogen-bond donors (Lipinski definition) is 2. The van der Waals surface area contributed by atoms with Crippen LogP contribution in [0.5, 0.6) is 0 Å². The fourth-order valence-electron chi connectivity index (χ4n) is 2.34. The first kappa shape index (κ1) is 12.0. The molecule has 0 radical (unpaired) electrons. The zero-order chi connectivity index (χ0) is 12.3. The second kappa shape index (κ2) is 5.27. The largest absolute Gasteiger partial charge is 0.358 e. The predicted octanol–water partition coefficient (Wildman–Crippen LogP) is -0.528. The maximum absolute atomic E-state index is 11.6. The van der Waals surface area contributed by atoms with Crippen LogP contribution in [0, 0.1) is 5.92 Å². The molecule has 1 aliphatic heterocycles. The van der Waals surface area contributed by atoms with Gasteiger partial charge in [-0.1, -0.05) is 5.21 Å². The lowest BCUT2D eigenvalue weighted by Crippen LogP contribution is -2.48. The predicted molar refractivity (Wildman–Crippen MR) is 63.3 cm³/mol. The Morgan fingerprint density at radius 2 is 2.53 bits per heavy atom. The van der Waals surface area contributed by atoms with Crippen molar-refractivity contribution in [2.75, 3.05) is 13.6 Å². The van der Waals surface area contributed by atoms with Crippen molar-refractivity contribution in [3.8, 4) is 0 Å². The van der Waals surface area contributed by atoms with E-state index in [-0.39, 0.29) is 11.9 Å². The van der Waals surface area contributed by atoms with Crippen LogP contribution in [-0.2, 0) is 18.3 Å². The molecule has 0 saturated carbocycles. The molecular weight excluding hydrogens is 218 g/mol. The molecule has 2 unspecified atom stereocenters. The highest BCUT2D eigenvalue weighted by atomic mass is 16.2. The number of carbonyl (C=O) groups excluding carboxylic acids is 1. The number of piperidine rings is 1. The Balaban J connectivity index is 1.91. The first-order valence-electron chi connectivity index (χ1n) is 5.99. The van der Waals surface area contributed by atoms with Crippen molar-refractivity contribution in [3.63, 3.8) is 0 Å². The highest BCUT2D eigenvalue weighted by Crippen LogP contribution is 2.20. The molecule has 2 N–H and O–H groups in total. The number of hydrogen-bond acceptors (Lipinski definition) is 4. The Hall–Kier alpha value is -1.43. The van der Waals surface area contributed by atoms with E-state index in [1.54, 1.807) is 11.7 Å². The van der Waals surface area contributed by atoms with Crippen molar-refractivity contribution in [1.82, 2.24) is 25.6 Å². The molecular formula is C11H19N5O. The first-order chi connectivity index (χ1) is 8.19. The SMILES string of the molecule is CNC(=O)C1CC(Cc2cn(C)nn2)CCN1. The van der Waals surface area contributed by atoms with Crippen molar-refractivity contribution in [1.29, 1.82) is 0 Å². The van der Waals surface area contributed by atoms with E-state index in [4.69, 9.17) is 0 Å². The van der Waals surface area contributed by atoms with Crippen molar-refractivity contribution in [3.05, 3.63) is 11.9 Å². The summed E-state index contributed by atoms with van der Waals surface area (Å²) in [5.41, 5.74) is 1.01. The van der Waals surface area contributed by atoms with Crippen LogP contribution < -0.4 is 10.6 Å². The number of amides is 1. The van der Waals surface area contributed by atoms with Crippen LogP contribution in [0.1, 0.15) is 18.5 Å². The number of aromatic nitrogens is 3. The third kappa shape index (κ3) is 3.03. The van der Waals surface area contributed by atoms with E-state index >= 15 is 0 Å². The Kier molecular flexibility index (Phi) is 3.73. The van der Waals surface area contributed by atoms with E-state index in [1.165, 1.54) is 0 Å². The minimum absolute atomic E-state index is 0.0598. The minimum Gasteiger partial charge on any atom is -0.358 e. The summed E-state index contributed by atoms with van der Waals surface area (Å²) >= 11 is 0. The highest BCUT2D eigenvalue weighted by Gasteiger charge is 2.26. The summed E-state index contributed by atoms with van der Waals surface area (Å²) in [4.78, 5) is 11.6.